The zero-order valence-corrected chi connectivity index (χ0v) is 15.8. The van der Waals surface area contributed by atoms with Crippen molar-refractivity contribution in [1.82, 2.24) is 29.6 Å². The molecule has 8 heteroatoms. The molecule has 0 bridgehead atoms. The zero-order chi connectivity index (χ0) is 19.5. The van der Waals surface area contributed by atoms with Gasteiger partial charge in [-0.1, -0.05) is 30.3 Å². The molecule has 1 amide bonds. The first-order chi connectivity index (χ1) is 13.7. The average molecular weight is 378 g/mol. The maximum atomic E-state index is 12.6. The van der Waals surface area contributed by atoms with Gasteiger partial charge in [0.15, 0.2) is 5.82 Å². The molecule has 0 aliphatic heterocycles. The Kier molecular flexibility index (Phi) is 5.01. The minimum absolute atomic E-state index is 0.142. The highest BCUT2D eigenvalue weighted by Crippen LogP contribution is 2.18. The van der Waals surface area contributed by atoms with Crippen LogP contribution < -0.4 is 11.0 Å². The van der Waals surface area contributed by atoms with Crippen LogP contribution in [-0.2, 0) is 37.3 Å². The van der Waals surface area contributed by atoms with Gasteiger partial charge in [-0.05, 0) is 31.7 Å². The lowest BCUT2D eigenvalue weighted by atomic mass is 10.2. The topological polar surface area (TPSA) is 94.7 Å². The Morgan fingerprint density at radius 2 is 2.04 bits per heavy atom. The molecule has 1 aromatic carbocycles. The number of carbonyl (C=O) groups excluding carboxylic acids is 1. The second kappa shape index (κ2) is 7.75. The Morgan fingerprint density at radius 1 is 1.21 bits per heavy atom. The first-order valence-corrected chi connectivity index (χ1v) is 9.49. The van der Waals surface area contributed by atoms with Gasteiger partial charge in [0.25, 0.3) is 0 Å². The number of nitrogens with zero attached hydrogens (tertiary/aromatic N) is 5. The van der Waals surface area contributed by atoms with Gasteiger partial charge in [-0.25, -0.2) is 19.4 Å². The van der Waals surface area contributed by atoms with Crippen molar-refractivity contribution in [3.63, 3.8) is 0 Å². The SMILES string of the molecule is CCn1c(-c2ccccc2)nn(CC(=O)NCc2ncc3c(n2)CCC3)c1=O. The number of nitrogens with one attached hydrogen (secondary N) is 1. The van der Waals surface area contributed by atoms with E-state index in [0.29, 0.717) is 18.2 Å². The molecule has 1 aliphatic rings. The van der Waals surface area contributed by atoms with E-state index in [-0.39, 0.29) is 24.7 Å². The van der Waals surface area contributed by atoms with E-state index in [1.807, 2.05) is 43.5 Å². The molecule has 2 aromatic heterocycles. The van der Waals surface area contributed by atoms with Gasteiger partial charge < -0.3 is 5.32 Å². The number of benzene rings is 1. The van der Waals surface area contributed by atoms with Gasteiger partial charge in [0.05, 0.1) is 6.54 Å². The largest absolute Gasteiger partial charge is 0.347 e. The van der Waals surface area contributed by atoms with Gasteiger partial charge in [0, 0.05) is 24.0 Å². The van der Waals surface area contributed by atoms with E-state index in [4.69, 9.17) is 0 Å². The smallest absolute Gasteiger partial charge is 0.346 e. The van der Waals surface area contributed by atoms with E-state index < -0.39 is 0 Å². The van der Waals surface area contributed by atoms with Gasteiger partial charge in [0.1, 0.15) is 12.4 Å². The molecule has 1 N–H and O–H groups in total. The average Bonchev–Trinajstić information content (AvgIpc) is 3.31. The minimum atomic E-state index is -0.301. The van der Waals surface area contributed by atoms with Gasteiger partial charge in [-0.15, -0.1) is 5.10 Å². The maximum Gasteiger partial charge on any atom is 0.346 e. The lowest BCUT2D eigenvalue weighted by molar-refractivity contribution is -0.122. The Morgan fingerprint density at radius 3 is 2.82 bits per heavy atom. The molecule has 0 atom stereocenters. The van der Waals surface area contributed by atoms with Crippen LogP contribution >= 0.6 is 0 Å². The van der Waals surface area contributed by atoms with Crippen LogP contribution in [-0.4, -0.2) is 30.2 Å². The van der Waals surface area contributed by atoms with E-state index >= 15 is 0 Å². The summed E-state index contributed by atoms with van der Waals surface area (Å²) in [6.45, 7) is 2.45. The van der Waals surface area contributed by atoms with Crippen molar-refractivity contribution in [3.05, 3.63) is 64.1 Å². The summed E-state index contributed by atoms with van der Waals surface area (Å²) in [5.74, 6) is 0.847. The first-order valence-electron chi connectivity index (χ1n) is 9.49. The number of fused-ring (bicyclic) bond motifs is 1. The highest BCUT2D eigenvalue weighted by molar-refractivity contribution is 5.75. The van der Waals surface area contributed by atoms with E-state index in [1.54, 1.807) is 4.57 Å². The Bertz CT molecular complexity index is 1050. The molecule has 0 fully saturated rings. The molecular formula is C20H22N6O2. The molecule has 0 unspecified atom stereocenters. The van der Waals surface area contributed by atoms with Crippen molar-refractivity contribution in [1.29, 1.82) is 0 Å². The summed E-state index contributed by atoms with van der Waals surface area (Å²) in [5.41, 5.74) is 2.81. The van der Waals surface area contributed by atoms with Crippen LogP contribution in [0.25, 0.3) is 11.4 Å². The molecule has 28 heavy (non-hydrogen) atoms. The summed E-state index contributed by atoms with van der Waals surface area (Å²) in [6.07, 6.45) is 4.93. The van der Waals surface area contributed by atoms with Crippen molar-refractivity contribution in [2.75, 3.05) is 0 Å². The van der Waals surface area contributed by atoms with Crippen LogP contribution in [0.2, 0.25) is 0 Å². The van der Waals surface area contributed by atoms with Crippen molar-refractivity contribution in [2.45, 2.75) is 45.8 Å². The van der Waals surface area contributed by atoms with E-state index in [9.17, 15) is 9.59 Å². The Balaban J connectivity index is 1.46. The van der Waals surface area contributed by atoms with Crippen LogP contribution in [0.5, 0.6) is 0 Å². The summed E-state index contributed by atoms with van der Waals surface area (Å²) < 4.78 is 2.76. The van der Waals surface area contributed by atoms with Crippen molar-refractivity contribution < 1.29 is 4.79 Å². The first kappa shape index (κ1) is 18.1. The van der Waals surface area contributed by atoms with Crippen LogP contribution in [0, 0.1) is 0 Å². The molecule has 1 aliphatic carbocycles. The lowest BCUT2D eigenvalue weighted by Gasteiger charge is -2.05. The van der Waals surface area contributed by atoms with Crippen LogP contribution in [0.4, 0.5) is 0 Å². The predicted octanol–water partition coefficient (Wildman–Crippen LogP) is 1.33. The molecule has 0 saturated heterocycles. The summed E-state index contributed by atoms with van der Waals surface area (Å²) >= 11 is 0. The molecule has 8 nitrogen and oxygen atoms in total. The van der Waals surface area contributed by atoms with E-state index in [2.05, 4.69) is 20.4 Å². The predicted molar refractivity (Wildman–Crippen MR) is 104 cm³/mol. The normalized spacial score (nSPS) is 12.8. The fourth-order valence-corrected chi connectivity index (χ4v) is 3.44. The maximum absolute atomic E-state index is 12.6. The third-order valence-corrected chi connectivity index (χ3v) is 4.87. The van der Waals surface area contributed by atoms with Crippen LogP contribution in [0.3, 0.4) is 0 Å². The third-order valence-electron chi connectivity index (χ3n) is 4.87. The molecule has 0 radical (unpaired) electrons. The summed E-state index contributed by atoms with van der Waals surface area (Å²) in [5, 5.41) is 7.15. The van der Waals surface area contributed by atoms with Gasteiger partial charge in [0.2, 0.25) is 5.91 Å². The number of hydrogen-bond acceptors (Lipinski definition) is 5. The molecule has 144 valence electrons. The second-order valence-corrected chi connectivity index (χ2v) is 6.76. The number of carbonyl (C=O) groups is 1. The number of aromatic nitrogens is 5. The fraction of sp³-hybridized carbons (Fsp3) is 0.350. The highest BCUT2D eigenvalue weighted by Gasteiger charge is 2.17. The zero-order valence-electron chi connectivity index (χ0n) is 15.8. The summed E-state index contributed by atoms with van der Waals surface area (Å²) in [4.78, 5) is 33.7. The van der Waals surface area contributed by atoms with Crippen LogP contribution in [0.15, 0.2) is 41.3 Å². The highest BCUT2D eigenvalue weighted by atomic mass is 16.2. The minimum Gasteiger partial charge on any atom is -0.347 e. The summed E-state index contributed by atoms with van der Waals surface area (Å²) in [6, 6.07) is 9.47. The van der Waals surface area contributed by atoms with Gasteiger partial charge >= 0.3 is 5.69 Å². The molecule has 3 aromatic rings. The molecule has 0 saturated carbocycles. The number of hydrogen-bond donors (Lipinski definition) is 1. The molecule has 2 heterocycles. The van der Waals surface area contributed by atoms with Crippen LogP contribution in [0.1, 0.15) is 30.4 Å². The fourth-order valence-electron chi connectivity index (χ4n) is 3.44. The van der Waals surface area contributed by atoms with E-state index in [0.717, 1.165) is 30.5 Å². The Hall–Kier alpha value is -3.29. The Labute approximate surface area is 162 Å². The molecule has 0 spiro atoms. The van der Waals surface area contributed by atoms with Gasteiger partial charge in [-0.2, -0.15) is 0 Å². The van der Waals surface area contributed by atoms with E-state index in [1.165, 1.54) is 10.2 Å². The third kappa shape index (κ3) is 3.58. The van der Waals surface area contributed by atoms with Gasteiger partial charge in [-0.3, -0.25) is 9.36 Å². The number of amides is 1. The van der Waals surface area contributed by atoms with Crippen molar-refractivity contribution >= 4 is 5.91 Å². The molecule has 4 rings (SSSR count). The second-order valence-electron chi connectivity index (χ2n) is 6.76. The number of rotatable bonds is 6. The quantitative estimate of drug-likeness (QED) is 0.698. The van der Waals surface area contributed by atoms with Crippen molar-refractivity contribution in [3.8, 4) is 11.4 Å². The number of aryl methyl sites for hydroxylation is 2. The lowest BCUT2D eigenvalue weighted by Crippen LogP contribution is -2.33. The molecular weight excluding hydrogens is 356 g/mol. The standard InChI is InChI=1S/C20H22N6O2/c1-2-25-19(14-7-4-3-5-8-14)24-26(20(25)28)13-18(27)22-12-17-21-11-15-9-6-10-16(15)23-17/h3-5,7-8,11H,2,6,9-10,12-13H2,1H3,(H,22,27). The summed E-state index contributed by atoms with van der Waals surface area (Å²) in [7, 11) is 0. The monoisotopic (exact) mass is 378 g/mol. The van der Waals surface area contributed by atoms with Crippen molar-refractivity contribution in [2.24, 2.45) is 0 Å².